The third-order valence-electron chi connectivity index (χ3n) is 12.4. The zero-order valence-electron chi connectivity index (χ0n) is 43.2. The van der Waals surface area contributed by atoms with Crippen LogP contribution in [-0.4, -0.2) is 96.0 Å². The Morgan fingerprint density at radius 3 is 1.35 bits per heavy atom. The van der Waals surface area contributed by atoms with E-state index < -0.39 is 71.2 Å². The van der Waals surface area contributed by atoms with E-state index in [0.717, 1.165) is 51.4 Å². The summed E-state index contributed by atoms with van der Waals surface area (Å²) in [5.74, 6) is -2.05. The first-order chi connectivity index (χ1) is 33.5. The molecule has 0 aliphatic carbocycles. The minimum atomic E-state index is -4.62. The zero-order valence-corrected chi connectivity index (χ0v) is 44.0. The van der Waals surface area contributed by atoms with Crippen LogP contribution in [0.4, 0.5) is 0 Å². The van der Waals surface area contributed by atoms with Crippen LogP contribution in [0.15, 0.2) is 60.8 Å². The number of esters is 2. The number of aliphatic hydroxyl groups is 3. The maximum Gasteiger partial charge on any atom is 0.306 e. The molecule has 4 N–H and O–H groups in total. The predicted molar refractivity (Wildman–Crippen MR) is 279 cm³/mol. The second kappa shape index (κ2) is 45.2. The molecule has 13 heteroatoms. The average Bonchev–Trinajstić information content (AvgIpc) is 3.32. The maximum atomic E-state index is 12.9. The topological polar surface area (TPSA) is 186 Å². The van der Waals surface area contributed by atoms with E-state index in [-0.39, 0.29) is 19.4 Å². The van der Waals surface area contributed by atoms with Crippen molar-refractivity contribution < 1.29 is 56.8 Å². The Bertz CT molecular complexity index is 1490. The van der Waals surface area contributed by atoms with Crippen molar-refractivity contribution in [2.75, 3.05) is 19.0 Å². The van der Waals surface area contributed by atoms with Gasteiger partial charge in [-0.2, -0.15) is 8.42 Å². The number of ether oxygens (including phenoxy) is 4. The lowest BCUT2D eigenvalue weighted by Crippen LogP contribution is -2.60. The summed E-state index contributed by atoms with van der Waals surface area (Å²) >= 11 is 0. The molecule has 0 aromatic rings. The van der Waals surface area contributed by atoms with Crippen LogP contribution >= 0.6 is 0 Å². The molecule has 1 fully saturated rings. The standard InChI is InChI=1S/C56H98O12S/c1-3-5-7-9-11-13-15-17-19-21-22-23-24-25-26-27-29-30-32-34-36-38-40-42-44-51(57)65-46-49(47-66-56-55(61)54(60)53(59)50(68-56)48-69(62,63)64)67-52(58)45-43-41-39-37-35-33-31-28-20-18-16-14-12-10-8-6-4-2/h6,8,12,14,18,20,31,33,37,39,49-50,53-56,59-61H,3-5,7,9-11,13,15-17,19,21-30,32,34-36,38,40-48H2,1-2H3,(H,62,63,64)/b8-6-,14-12-,20-18-,33-31-,39-37-. The van der Waals surface area contributed by atoms with E-state index in [2.05, 4.69) is 62.5 Å². The average molecular weight is 995 g/mol. The van der Waals surface area contributed by atoms with E-state index in [1.807, 2.05) is 12.2 Å². The molecular weight excluding hydrogens is 897 g/mol. The van der Waals surface area contributed by atoms with Crippen molar-refractivity contribution >= 4 is 22.1 Å². The van der Waals surface area contributed by atoms with Gasteiger partial charge in [0.2, 0.25) is 0 Å². The molecule has 0 spiro atoms. The molecule has 1 aliphatic heterocycles. The first-order valence-corrected chi connectivity index (χ1v) is 29.0. The van der Waals surface area contributed by atoms with Gasteiger partial charge in [0.15, 0.2) is 12.4 Å². The number of allylic oxidation sites excluding steroid dienone is 10. The number of hydrogen-bond donors (Lipinski definition) is 4. The minimum Gasteiger partial charge on any atom is -0.462 e. The van der Waals surface area contributed by atoms with E-state index >= 15 is 0 Å². The van der Waals surface area contributed by atoms with E-state index in [1.165, 1.54) is 128 Å². The van der Waals surface area contributed by atoms with Gasteiger partial charge in [0.25, 0.3) is 10.1 Å². The van der Waals surface area contributed by atoms with Gasteiger partial charge in [0.1, 0.15) is 36.8 Å². The summed E-state index contributed by atoms with van der Waals surface area (Å²) in [5.41, 5.74) is 0. The second-order valence-electron chi connectivity index (χ2n) is 18.9. The fourth-order valence-electron chi connectivity index (χ4n) is 8.19. The van der Waals surface area contributed by atoms with Crippen LogP contribution in [0, 0.1) is 0 Å². The predicted octanol–water partition coefficient (Wildman–Crippen LogP) is 12.8. The van der Waals surface area contributed by atoms with Crippen LogP contribution in [0.5, 0.6) is 0 Å². The first kappa shape index (κ1) is 64.4. The maximum absolute atomic E-state index is 12.9. The van der Waals surface area contributed by atoms with Crippen LogP contribution in [0.1, 0.15) is 226 Å². The lowest BCUT2D eigenvalue weighted by atomic mass is 10.00. The molecule has 6 unspecified atom stereocenters. The molecule has 1 heterocycles. The van der Waals surface area contributed by atoms with Crippen molar-refractivity contribution in [3.05, 3.63) is 60.8 Å². The third kappa shape index (κ3) is 39.6. The SMILES string of the molecule is CC/C=C\C/C=C\C/C=C\C/C=C\C/C=C\CCCC(=O)OC(COC(=O)CCCCCCCCCCCCCCCCCCCCCCCCCC)COC1OC(CS(=O)(=O)O)C(O)C(O)C1O. The molecular formula is C56H98O12S. The van der Waals surface area contributed by atoms with E-state index in [9.17, 15) is 37.9 Å². The van der Waals surface area contributed by atoms with Gasteiger partial charge in [0, 0.05) is 12.8 Å². The van der Waals surface area contributed by atoms with Crippen LogP contribution in [0.25, 0.3) is 0 Å². The highest BCUT2D eigenvalue weighted by Gasteiger charge is 2.46. The molecule has 12 nitrogen and oxygen atoms in total. The van der Waals surface area contributed by atoms with E-state index in [0.29, 0.717) is 19.3 Å². The molecule has 0 bridgehead atoms. The molecule has 0 saturated carbocycles. The molecule has 1 aliphatic rings. The molecule has 0 aromatic carbocycles. The fraction of sp³-hybridized carbons (Fsp3) is 0.786. The summed E-state index contributed by atoms with van der Waals surface area (Å²) in [4.78, 5) is 25.5. The highest BCUT2D eigenvalue weighted by atomic mass is 32.2. The van der Waals surface area contributed by atoms with Crippen molar-refractivity contribution in [3.8, 4) is 0 Å². The minimum absolute atomic E-state index is 0.0855. The van der Waals surface area contributed by atoms with Gasteiger partial charge in [-0.05, 0) is 51.4 Å². The Morgan fingerprint density at radius 1 is 0.507 bits per heavy atom. The quantitative estimate of drug-likeness (QED) is 0.0196. The molecule has 69 heavy (non-hydrogen) atoms. The molecule has 0 radical (unpaired) electrons. The molecule has 0 amide bonds. The summed E-state index contributed by atoms with van der Waals surface area (Å²) in [5, 5.41) is 31.0. The third-order valence-corrected chi connectivity index (χ3v) is 13.1. The Morgan fingerprint density at radius 2 is 0.913 bits per heavy atom. The van der Waals surface area contributed by atoms with Gasteiger partial charge in [-0.25, -0.2) is 0 Å². The van der Waals surface area contributed by atoms with Gasteiger partial charge in [-0.3, -0.25) is 14.1 Å². The fourth-order valence-corrected chi connectivity index (χ4v) is 8.88. The Labute approximate surface area is 419 Å². The van der Waals surface area contributed by atoms with E-state index in [4.69, 9.17) is 18.9 Å². The second-order valence-corrected chi connectivity index (χ2v) is 20.4. The van der Waals surface area contributed by atoms with Crippen molar-refractivity contribution in [2.45, 2.75) is 263 Å². The summed E-state index contributed by atoms with van der Waals surface area (Å²) in [6.45, 7) is 3.64. The van der Waals surface area contributed by atoms with Crippen molar-refractivity contribution in [2.24, 2.45) is 0 Å². The van der Waals surface area contributed by atoms with Gasteiger partial charge in [-0.15, -0.1) is 0 Å². The van der Waals surface area contributed by atoms with Crippen LogP contribution in [-0.2, 0) is 38.7 Å². The Balaban J connectivity index is 2.34. The van der Waals surface area contributed by atoms with Gasteiger partial charge < -0.3 is 34.3 Å². The van der Waals surface area contributed by atoms with Crippen molar-refractivity contribution in [3.63, 3.8) is 0 Å². The number of hydrogen-bond acceptors (Lipinski definition) is 11. The number of carbonyl (C=O) groups excluding carboxylic acids is 2. The highest BCUT2D eigenvalue weighted by molar-refractivity contribution is 7.85. The van der Waals surface area contributed by atoms with Gasteiger partial charge in [0.05, 0.1) is 6.61 Å². The number of carbonyl (C=O) groups is 2. The van der Waals surface area contributed by atoms with Gasteiger partial charge >= 0.3 is 11.9 Å². The number of rotatable bonds is 46. The molecule has 400 valence electrons. The van der Waals surface area contributed by atoms with Crippen LogP contribution < -0.4 is 0 Å². The lowest BCUT2D eigenvalue weighted by Gasteiger charge is -2.40. The van der Waals surface area contributed by atoms with Crippen LogP contribution in [0.2, 0.25) is 0 Å². The summed E-state index contributed by atoms with van der Waals surface area (Å²) in [6, 6.07) is 0. The number of unbranched alkanes of at least 4 members (excludes halogenated alkanes) is 24. The van der Waals surface area contributed by atoms with E-state index in [1.54, 1.807) is 0 Å². The molecule has 1 saturated heterocycles. The summed E-state index contributed by atoms with van der Waals surface area (Å²) in [7, 11) is -4.62. The van der Waals surface area contributed by atoms with Gasteiger partial charge in [-0.1, -0.05) is 222 Å². The summed E-state index contributed by atoms with van der Waals surface area (Å²) < 4.78 is 54.2. The van der Waals surface area contributed by atoms with Crippen molar-refractivity contribution in [1.29, 1.82) is 0 Å². The highest BCUT2D eigenvalue weighted by Crippen LogP contribution is 2.24. The molecule has 0 aromatic heterocycles. The largest absolute Gasteiger partial charge is 0.462 e. The normalized spacial score (nSPS) is 19.5. The first-order valence-electron chi connectivity index (χ1n) is 27.3. The monoisotopic (exact) mass is 995 g/mol. The summed E-state index contributed by atoms with van der Waals surface area (Å²) in [6.07, 6.45) is 48.5. The Hall–Kier alpha value is -2.65. The Kier molecular flexibility index (Phi) is 42.2. The zero-order chi connectivity index (χ0) is 50.5. The lowest BCUT2D eigenvalue weighted by molar-refractivity contribution is -0.297. The molecule has 6 atom stereocenters. The van der Waals surface area contributed by atoms with Crippen molar-refractivity contribution in [1.82, 2.24) is 0 Å². The molecule has 1 rings (SSSR count). The smallest absolute Gasteiger partial charge is 0.306 e. The van der Waals surface area contributed by atoms with Crippen LogP contribution in [0.3, 0.4) is 0 Å². The number of aliphatic hydroxyl groups excluding tert-OH is 3.